The van der Waals surface area contributed by atoms with Crippen LogP contribution in [0.25, 0.3) is 22.0 Å². The van der Waals surface area contributed by atoms with E-state index in [9.17, 15) is 24.0 Å². The van der Waals surface area contributed by atoms with E-state index in [4.69, 9.17) is 0 Å². The fourth-order valence-corrected chi connectivity index (χ4v) is 10.8. The van der Waals surface area contributed by atoms with Crippen LogP contribution in [0.5, 0.6) is 0 Å². The van der Waals surface area contributed by atoms with E-state index < -0.39 is 29.7 Å². The number of halogens is 1. The van der Waals surface area contributed by atoms with E-state index in [1.807, 2.05) is 46.8 Å². The van der Waals surface area contributed by atoms with Crippen LogP contribution in [-0.2, 0) is 40.9 Å². The number of hydrogen-bond donors (Lipinski definition) is 2. The van der Waals surface area contributed by atoms with Crippen LogP contribution in [-0.4, -0.2) is 134 Å². The molecule has 6 aromatic rings. The van der Waals surface area contributed by atoms with Crippen molar-refractivity contribution in [1.82, 2.24) is 44.3 Å². The maximum Gasteiger partial charge on any atom is 0.329 e. The summed E-state index contributed by atoms with van der Waals surface area (Å²) in [4.78, 5) is 86.4. The first-order valence-corrected chi connectivity index (χ1v) is 24.0. The van der Waals surface area contributed by atoms with E-state index in [-0.39, 0.29) is 42.5 Å². The first kappa shape index (κ1) is 43.4. The molecule has 0 bridgehead atoms. The number of fused-ring (bicyclic) bond motifs is 3. The van der Waals surface area contributed by atoms with E-state index in [1.165, 1.54) is 27.2 Å². The van der Waals surface area contributed by atoms with Gasteiger partial charge in [-0.05, 0) is 72.9 Å². The van der Waals surface area contributed by atoms with Crippen molar-refractivity contribution in [3.63, 3.8) is 0 Å². The fraction of sp³-hybridized carbons (Fsp3) is 0.375. The van der Waals surface area contributed by atoms with Crippen LogP contribution >= 0.6 is 11.3 Å². The molecule has 3 saturated heterocycles. The second kappa shape index (κ2) is 17.8. The topological polar surface area (TPSA) is 177 Å². The lowest BCUT2D eigenvalue weighted by atomic mass is 9.99. The van der Waals surface area contributed by atoms with Gasteiger partial charge in [0.1, 0.15) is 5.82 Å². The number of carbonyl (C=O) groups excluding carboxylic acids is 5. The lowest BCUT2D eigenvalue weighted by molar-refractivity contribution is -0.132. The van der Waals surface area contributed by atoms with Gasteiger partial charge in [-0.1, -0.05) is 12.1 Å². The highest BCUT2D eigenvalue weighted by atomic mass is 32.1. The quantitative estimate of drug-likeness (QED) is 0.196. The summed E-state index contributed by atoms with van der Waals surface area (Å²) in [6, 6.07) is 15.6. The largest absolute Gasteiger partial charge is 0.370 e. The molecule has 18 nitrogen and oxygen atoms in total. The predicted molar refractivity (Wildman–Crippen MR) is 254 cm³/mol. The van der Waals surface area contributed by atoms with Gasteiger partial charge in [0.05, 0.1) is 30.6 Å². The molecule has 2 N–H and O–H groups in total. The van der Waals surface area contributed by atoms with Crippen molar-refractivity contribution in [1.29, 1.82) is 0 Å². The lowest BCUT2D eigenvalue weighted by Gasteiger charge is -2.37. The van der Waals surface area contributed by atoms with E-state index in [0.717, 1.165) is 85.5 Å². The molecule has 3 aromatic carbocycles. The SMILES string of the molecule is Cn1nc(N2CCC(=O)NC2=O)c2ccc(N3CCCN(CC(=O)N4CCN(c5ccc(-c6cc(F)c7c(c6)C(=O)N(C(C(=O)Nc6nccs6)c6ncn8c6CCC8)C7)cc5)CC4)CC3)cc21. The summed E-state index contributed by atoms with van der Waals surface area (Å²) in [6.07, 6.45) is 6.09. The van der Waals surface area contributed by atoms with E-state index in [0.29, 0.717) is 54.9 Å². The Morgan fingerprint density at radius 1 is 0.838 bits per heavy atom. The van der Waals surface area contributed by atoms with E-state index >= 15 is 4.39 Å². The van der Waals surface area contributed by atoms with Crippen LogP contribution in [0.15, 0.2) is 72.5 Å². The average Bonchev–Trinajstić information content (AvgIpc) is 4.19. The van der Waals surface area contributed by atoms with Gasteiger partial charge < -0.3 is 24.2 Å². The predicted octanol–water partition coefficient (Wildman–Crippen LogP) is 4.62. The Hall–Kier alpha value is -7.19. The Morgan fingerprint density at radius 2 is 1.63 bits per heavy atom. The highest BCUT2D eigenvalue weighted by molar-refractivity contribution is 7.13. The molecular formula is C48H50FN13O5S. The van der Waals surface area contributed by atoms with Gasteiger partial charge in [-0.25, -0.2) is 19.2 Å². The van der Waals surface area contributed by atoms with E-state index in [2.05, 4.69) is 52.5 Å². The molecule has 20 heteroatoms. The minimum Gasteiger partial charge on any atom is -0.370 e. The number of carbonyl (C=O) groups is 5. The Morgan fingerprint density at radius 3 is 2.43 bits per heavy atom. The molecule has 1 unspecified atom stereocenters. The number of nitrogens with one attached hydrogen (secondary N) is 2. The van der Waals surface area contributed by atoms with Gasteiger partial charge in [-0.3, -0.25) is 44.3 Å². The summed E-state index contributed by atoms with van der Waals surface area (Å²) in [7, 11) is 1.85. The number of piperazine rings is 1. The number of rotatable bonds is 10. The molecule has 68 heavy (non-hydrogen) atoms. The van der Waals surface area contributed by atoms with Crippen molar-refractivity contribution in [3.8, 4) is 11.1 Å². The van der Waals surface area contributed by atoms with Crippen LogP contribution in [0.2, 0.25) is 0 Å². The van der Waals surface area contributed by atoms with Crippen molar-refractivity contribution >= 4 is 74.2 Å². The third-order valence-electron chi connectivity index (χ3n) is 13.9. The van der Waals surface area contributed by atoms with Crippen molar-refractivity contribution < 1.29 is 28.4 Å². The number of benzene rings is 3. The van der Waals surface area contributed by atoms with Gasteiger partial charge in [0.25, 0.3) is 11.8 Å². The Kier molecular flexibility index (Phi) is 11.4. The highest BCUT2D eigenvalue weighted by Crippen LogP contribution is 2.38. The molecule has 6 amide bonds. The third kappa shape index (κ3) is 8.10. The van der Waals surface area contributed by atoms with Crippen molar-refractivity contribution in [2.45, 2.75) is 44.8 Å². The number of nitrogens with zero attached hydrogens (tertiary/aromatic N) is 11. The Balaban J connectivity index is 0.697. The Bertz CT molecular complexity index is 2960. The number of imide groups is 1. The molecule has 350 valence electrons. The number of amides is 6. The van der Waals surface area contributed by atoms with Crippen molar-refractivity contribution in [3.05, 3.63) is 101 Å². The molecule has 3 fully saturated rings. The van der Waals surface area contributed by atoms with Crippen LogP contribution < -0.4 is 25.3 Å². The van der Waals surface area contributed by atoms with Crippen LogP contribution in [0.1, 0.15) is 52.6 Å². The average molecular weight is 940 g/mol. The standard InChI is InChI=1S/C48H50FN13O5S/c1-55-39-26-33(9-10-34(39)44(54-55)61-16-11-40(63)52-48(61)67)57-15-3-13-56(17-18-57)28-41(64)59-21-19-58(20-22-59)32-7-5-30(6-8-32)31-24-35-36(37(49)25-31)27-62(46(35)66)43(45(65)53-47-50-12-23-68-47)42-38-4-2-14-60(38)29-51-42/h5-10,12,23-26,29,43H,2-4,11,13-22,27-28H2,1H3,(H,50,53,65)(H,52,63,67). The molecule has 5 aliphatic heterocycles. The number of anilines is 4. The number of aromatic nitrogens is 5. The normalized spacial score (nSPS) is 18.3. The molecule has 1 atom stereocenters. The fourth-order valence-electron chi connectivity index (χ4n) is 10.3. The van der Waals surface area contributed by atoms with Gasteiger partial charge in [0.2, 0.25) is 11.8 Å². The summed E-state index contributed by atoms with van der Waals surface area (Å²) in [5.74, 6) is -1.00. The number of urea groups is 1. The first-order valence-electron chi connectivity index (χ1n) is 23.1. The summed E-state index contributed by atoms with van der Waals surface area (Å²) >= 11 is 1.28. The molecule has 0 spiro atoms. The number of aryl methyl sites for hydroxylation is 2. The first-order chi connectivity index (χ1) is 33.1. The van der Waals surface area contributed by atoms with Crippen LogP contribution in [0.4, 0.5) is 31.5 Å². The molecule has 0 saturated carbocycles. The van der Waals surface area contributed by atoms with Crippen LogP contribution in [0.3, 0.4) is 0 Å². The van der Waals surface area contributed by atoms with E-state index in [1.54, 1.807) is 28.7 Å². The maximum atomic E-state index is 16.0. The monoisotopic (exact) mass is 939 g/mol. The second-order valence-electron chi connectivity index (χ2n) is 18.0. The van der Waals surface area contributed by atoms with Crippen molar-refractivity contribution in [2.24, 2.45) is 7.05 Å². The second-order valence-corrected chi connectivity index (χ2v) is 18.8. The zero-order valence-corrected chi connectivity index (χ0v) is 38.4. The lowest BCUT2D eigenvalue weighted by Crippen LogP contribution is -2.51. The van der Waals surface area contributed by atoms with Crippen LogP contribution in [0, 0.1) is 5.82 Å². The number of hydrogen-bond acceptors (Lipinski definition) is 12. The molecule has 0 radical (unpaired) electrons. The number of imidazole rings is 1. The maximum absolute atomic E-state index is 16.0. The summed E-state index contributed by atoms with van der Waals surface area (Å²) in [5, 5.41) is 12.9. The summed E-state index contributed by atoms with van der Waals surface area (Å²) in [6.45, 7) is 7.08. The van der Waals surface area contributed by atoms with Gasteiger partial charge in [-0.2, -0.15) is 5.10 Å². The molecule has 8 heterocycles. The minimum atomic E-state index is -1.06. The molecule has 0 aliphatic carbocycles. The zero-order valence-electron chi connectivity index (χ0n) is 37.6. The Labute approximate surface area is 394 Å². The molecule has 11 rings (SSSR count). The third-order valence-corrected chi connectivity index (χ3v) is 14.6. The minimum absolute atomic E-state index is 0.0609. The summed E-state index contributed by atoms with van der Waals surface area (Å²) < 4.78 is 19.8. The van der Waals surface area contributed by atoms with Gasteiger partial charge in [0, 0.05) is 124 Å². The van der Waals surface area contributed by atoms with Gasteiger partial charge in [0.15, 0.2) is 17.0 Å². The van der Waals surface area contributed by atoms with Gasteiger partial charge in [-0.15, -0.1) is 11.3 Å². The molecule has 5 aliphatic rings. The smallest absolute Gasteiger partial charge is 0.329 e. The molecular weight excluding hydrogens is 890 g/mol. The van der Waals surface area contributed by atoms with Gasteiger partial charge >= 0.3 is 6.03 Å². The number of thiazole rings is 1. The summed E-state index contributed by atoms with van der Waals surface area (Å²) in [5.41, 5.74) is 6.16. The molecule has 3 aromatic heterocycles. The van der Waals surface area contributed by atoms with Crippen molar-refractivity contribution in [2.75, 3.05) is 85.5 Å². The highest BCUT2D eigenvalue weighted by Gasteiger charge is 2.42. The zero-order chi connectivity index (χ0) is 46.6.